The maximum absolute atomic E-state index is 9.14. The molecule has 1 N–H and O–H groups in total. The van der Waals surface area contributed by atoms with Gasteiger partial charge in [-0.05, 0) is 36.4 Å². The van der Waals surface area contributed by atoms with Crippen LogP contribution >= 0.6 is 11.3 Å². The lowest BCUT2D eigenvalue weighted by Gasteiger charge is -2.10. The Hall–Kier alpha value is -1.86. The number of aromatic nitrogens is 1. The number of thiophene rings is 1. The van der Waals surface area contributed by atoms with Crippen molar-refractivity contribution in [2.45, 2.75) is 20.3 Å². The number of aryl methyl sites for hydroxylation is 1. The molecule has 0 fully saturated rings. The van der Waals surface area contributed by atoms with Crippen LogP contribution in [0.5, 0.6) is 0 Å². The quantitative estimate of drug-likeness (QED) is 0.906. The summed E-state index contributed by atoms with van der Waals surface area (Å²) in [6, 6.07) is 8.16. The molecule has 0 saturated heterocycles. The summed E-state index contributed by atoms with van der Waals surface area (Å²) < 4.78 is 0. The van der Waals surface area contributed by atoms with Crippen molar-refractivity contribution in [3.63, 3.8) is 0 Å². The predicted molar refractivity (Wildman–Crippen MR) is 75.8 cm³/mol. The van der Waals surface area contributed by atoms with Crippen LogP contribution in [-0.2, 0) is 0 Å². The van der Waals surface area contributed by atoms with E-state index in [0.717, 1.165) is 29.1 Å². The van der Waals surface area contributed by atoms with Crippen molar-refractivity contribution < 1.29 is 0 Å². The topological polar surface area (TPSA) is 48.7 Å². The molecule has 0 amide bonds. The van der Waals surface area contributed by atoms with Crippen molar-refractivity contribution in [1.29, 1.82) is 5.26 Å². The van der Waals surface area contributed by atoms with Gasteiger partial charge in [0.25, 0.3) is 0 Å². The summed E-state index contributed by atoms with van der Waals surface area (Å²) in [5, 5.41) is 14.4. The van der Waals surface area contributed by atoms with Gasteiger partial charge >= 0.3 is 0 Å². The molecule has 0 radical (unpaired) electrons. The lowest BCUT2D eigenvalue weighted by atomic mass is 10.1. The fraction of sp³-hybridized carbons (Fsp3) is 0.286. The Morgan fingerprint density at radius 1 is 1.50 bits per heavy atom. The van der Waals surface area contributed by atoms with Crippen LogP contribution in [0.2, 0.25) is 0 Å². The van der Waals surface area contributed by atoms with Gasteiger partial charge in [-0.15, -0.1) is 11.3 Å². The van der Waals surface area contributed by atoms with Crippen LogP contribution in [0.4, 0.5) is 5.82 Å². The summed E-state index contributed by atoms with van der Waals surface area (Å²) in [5.74, 6) is 0.688. The van der Waals surface area contributed by atoms with Crippen molar-refractivity contribution in [1.82, 2.24) is 4.98 Å². The van der Waals surface area contributed by atoms with E-state index in [0.29, 0.717) is 11.4 Å². The fourth-order valence-corrected chi connectivity index (χ4v) is 2.52. The third kappa shape index (κ3) is 2.52. The van der Waals surface area contributed by atoms with Crippen LogP contribution in [-0.4, -0.2) is 11.5 Å². The van der Waals surface area contributed by atoms with Crippen molar-refractivity contribution in [2.24, 2.45) is 0 Å². The van der Waals surface area contributed by atoms with Gasteiger partial charge in [0, 0.05) is 6.54 Å². The molecule has 0 spiro atoms. The number of nitrogens with zero attached hydrogens (tertiary/aromatic N) is 2. The van der Waals surface area contributed by atoms with Crippen LogP contribution < -0.4 is 5.32 Å². The van der Waals surface area contributed by atoms with E-state index < -0.39 is 0 Å². The minimum atomic E-state index is 0.612. The van der Waals surface area contributed by atoms with Crippen LogP contribution in [0.1, 0.15) is 24.5 Å². The minimum absolute atomic E-state index is 0.612. The van der Waals surface area contributed by atoms with E-state index >= 15 is 0 Å². The molecular weight excluding hydrogens is 242 g/mol. The Kier molecular flexibility index (Phi) is 3.96. The SMILES string of the molecule is CCCNc1nc(-c2cccs2)c(C)cc1C#N. The summed E-state index contributed by atoms with van der Waals surface area (Å²) in [6.07, 6.45) is 1.01. The molecule has 0 aromatic carbocycles. The van der Waals surface area contributed by atoms with Gasteiger partial charge in [-0.25, -0.2) is 4.98 Å². The maximum Gasteiger partial charge on any atom is 0.144 e. The van der Waals surface area contributed by atoms with Crippen LogP contribution in [0, 0.1) is 18.3 Å². The molecule has 0 unspecified atom stereocenters. The number of pyridine rings is 1. The Balaban J connectivity index is 2.46. The van der Waals surface area contributed by atoms with E-state index in [9.17, 15) is 0 Å². The fourth-order valence-electron chi connectivity index (χ4n) is 1.74. The Morgan fingerprint density at radius 3 is 2.94 bits per heavy atom. The molecule has 2 aromatic rings. The maximum atomic E-state index is 9.14. The van der Waals surface area contributed by atoms with Crippen LogP contribution in [0.25, 0.3) is 10.6 Å². The van der Waals surface area contributed by atoms with Gasteiger partial charge in [-0.1, -0.05) is 13.0 Å². The lowest BCUT2D eigenvalue weighted by Crippen LogP contribution is -2.05. The number of nitriles is 1. The number of hydrogen-bond donors (Lipinski definition) is 1. The predicted octanol–water partition coefficient (Wildman–Crippen LogP) is 3.81. The second kappa shape index (κ2) is 5.65. The number of anilines is 1. The smallest absolute Gasteiger partial charge is 0.144 e. The Bertz CT molecular complexity index is 567. The van der Waals surface area contributed by atoms with E-state index in [1.54, 1.807) is 11.3 Å². The second-order valence-electron chi connectivity index (χ2n) is 4.07. The molecule has 0 atom stereocenters. The molecule has 18 heavy (non-hydrogen) atoms. The van der Waals surface area contributed by atoms with E-state index in [1.807, 2.05) is 24.4 Å². The summed E-state index contributed by atoms with van der Waals surface area (Å²) in [6.45, 7) is 4.91. The highest BCUT2D eigenvalue weighted by atomic mass is 32.1. The molecule has 0 saturated carbocycles. The van der Waals surface area contributed by atoms with Gasteiger partial charge in [-0.2, -0.15) is 5.26 Å². The highest BCUT2D eigenvalue weighted by Crippen LogP contribution is 2.28. The largest absolute Gasteiger partial charge is 0.369 e. The van der Waals surface area contributed by atoms with Crippen molar-refractivity contribution in [3.05, 3.63) is 34.7 Å². The Labute approximate surface area is 111 Å². The lowest BCUT2D eigenvalue weighted by molar-refractivity contribution is 0.968. The first kappa shape index (κ1) is 12.6. The standard InChI is InChI=1S/C14H15N3S/c1-3-6-16-14-11(9-15)8-10(2)13(17-14)12-5-4-7-18-12/h4-5,7-8H,3,6H2,1-2H3,(H,16,17). The number of hydrogen-bond acceptors (Lipinski definition) is 4. The van der Waals surface area contributed by atoms with Gasteiger partial charge in [0.2, 0.25) is 0 Å². The van der Waals surface area contributed by atoms with Gasteiger partial charge in [0.05, 0.1) is 16.1 Å². The Morgan fingerprint density at radius 2 is 2.33 bits per heavy atom. The molecule has 2 heterocycles. The first-order valence-electron chi connectivity index (χ1n) is 5.95. The zero-order valence-electron chi connectivity index (χ0n) is 10.5. The van der Waals surface area contributed by atoms with E-state index in [4.69, 9.17) is 5.26 Å². The first-order valence-corrected chi connectivity index (χ1v) is 6.83. The van der Waals surface area contributed by atoms with Gasteiger partial charge < -0.3 is 5.32 Å². The molecule has 3 nitrogen and oxygen atoms in total. The van der Waals surface area contributed by atoms with Crippen molar-refractivity contribution >= 4 is 17.2 Å². The van der Waals surface area contributed by atoms with Gasteiger partial charge in [0.15, 0.2) is 0 Å². The normalized spacial score (nSPS) is 10.1. The van der Waals surface area contributed by atoms with Crippen molar-refractivity contribution in [2.75, 3.05) is 11.9 Å². The number of nitrogens with one attached hydrogen (secondary N) is 1. The van der Waals surface area contributed by atoms with E-state index in [1.165, 1.54) is 0 Å². The van der Waals surface area contributed by atoms with Crippen LogP contribution in [0.15, 0.2) is 23.6 Å². The highest BCUT2D eigenvalue weighted by Gasteiger charge is 2.11. The zero-order chi connectivity index (χ0) is 13.0. The first-order chi connectivity index (χ1) is 8.76. The third-order valence-electron chi connectivity index (χ3n) is 2.63. The van der Waals surface area contributed by atoms with E-state index in [2.05, 4.69) is 29.4 Å². The van der Waals surface area contributed by atoms with Gasteiger partial charge in [-0.3, -0.25) is 0 Å². The summed E-state index contributed by atoms with van der Waals surface area (Å²) >= 11 is 1.66. The monoisotopic (exact) mass is 257 g/mol. The molecule has 0 bridgehead atoms. The summed E-state index contributed by atoms with van der Waals surface area (Å²) in [5.41, 5.74) is 2.61. The molecule has 2 rings (SSSR count). The average Bonchev–Trinajstić information content (AvgIpc) is 2.90. The average molecular weight is 257 g/mol. The highest BCUT2D eigenvalue weighted by molar-refractivity contribution is 7.13. The molecule has 0 aliphatic carbocycles. The minimum Gasteiger partial charge on any atom is -0.369 e. The summed E-state index contributed by atoms with van der Waals surface area (Å²) in [7, 11) is 0. The zero-order valence-corrected chi connectivity index (χ0v) is 11.3. The van der Waals surface area contributed by atoms with Gasteiger partial charge in [0.1, 0.15) is 11.9 Å². The molecule has 92 valence electrons. The molecule has 4 heteroatoms. The van der Waals surface area contributed by atoms with Crippen LogP contribution in [0.3, 0.4) is 0 Å². The number of rotatable bonds is 4. The molecule has 0 aliphatic heterocycles. The summed E-state index contributed by atoms with van der Waals surface area (Å²) in [4.78, 5) is 5.74. The third-order valence-corrected chi connectivity index (χ3v) is 3.51. The molecular formula is C14H15N3S. The molecule has 0 aliphatic rings. The van der Waals surface area contributed by atoms with Crippen molar-refractivity contribution in [3.8, 4) is 16.6 Å². The second-order valence-corrected chi connectivity index (χ2v) is 5.01. The molecule has 2 aromatic heterocycles. The van der Waals surface area contributed by atoms with E-state index in [-0.39, 0.29) is 0 Å².